The van der Waals surface area contributed by atoms with Crippen LogP contribution in [0.2, 0.25) is 0 Å². The Balaban J connectivity index is 1.59. The number of fused-ring (bicyclic) bond motifs is 6. The van der Waals surface area contributed by atoms with Crippen molar-refractivity contribution in [2.75, 3.05) is 19.6 Å². The van der Waals surface area contributed by atoms with Crippen LogP contribution in [-0.4, -0.2) is 47.4 Å². The van der Waals surface area contributed by atoms with Crippen LogP contribution in [0.3, 0.4) is 0 Å². The van der Waals surface area contributed by atoms with Crippen LogP contribution in [0.15, 0.2) is 0 Å². The predicted molar refractivity (Wildman–Crippen MR) is 70.2 cm³/mol. The van der Waals surface area contributed by atoms with Gasteiger partial charge in [0.1, 0.15) is 0 Å². The number of rotatable bonds is 0. The summed E-state index contributed by atoms with van der Waals surface area (Å²) in [5.41, 5.74) is 0. The Labute approximate surface area is 110 Å². The van der Waals surface area contributed by atoms with E-state index in [9.17, 15) is 4.79 Å². The molecule has 4 fully saturated rings. The molecule has 0 aromatic rings. The van der Waals surface area contributed by atoms with E-state index in [4.69, 9.17) is 0 Å². The summed E-state index contributed by atoms with van der Waals surface area (Å²) >= 11 is 0. The Morgan fingerprint density at radius 3 is 2.72 bits per heavy atom. The minimum Gasteiger partial charge on any atom is -0.339 e. The summed E-state index contributed by atoms with van der Waals surface area (Å²) in [7, 11) is 0. The molecular weight excluding hydrogens is 224 g/mol. The maximum absolute atomic E-state index is 12.1. The second kappa shape index (κ2) is 4.22. The molecule has 3 heteroatoms. The Morgan fingerprint density at radius 1 is 0.944 bits per heavy atom. The van der Waals surface area contributed by atoms with E-state index in [1.165, 1.54) is 45.2 Å². The molecule has 4 atom stereocenters. The number of nitrogens with zero attached hydrogens (tertiary/aromatic N) is 2. The van der Waals surface area contributed by atoms with Crippen molar-refractivity contribution in [3.8, 4) is 0 Å². The SMILES string of the molecule is O=C1CCC[C@H]2[C@H]3C[C@H](CN12)[C@H]1CCCCN1C3. The van der Waals surface area contributed by atoms with E-state index in [-0.39, 0.29) is 0 Å². The van der Waals surface area contributed by atoms with Crippen molar-refractivity contribution in [1.29, 1.82) is 0 Å². The van der Waals surface area contributed by atoms with Gasteiger partial charge < -0.3 is 4.90 Å². The number of hydrogen-bond donors (Lipinski definition) is 0. The lowest BCUT2D eigenvalue weighted by Crippen LogP contribution is -2.64. The number of carbonyl (C=O) groups is 1. The fraction of sp³-hybridized carbons (Fsp3) is 0.933. The zero-order chi connectivity index (χ0) is 12.1. The molecule has 4 heterocycles. The van der Waals surface area contributed by atoms with Crippen LogP contribution < -0.4 is 0 Å². The summed E-state index contributed by atoms with van der Waals surface area (Å²) in [5, 5.41) is 0. The third kappa shape index (κ3) is 1.63. The summed E-state index contributed by atoms with van der Waals surface area (Å²) < 4.78 is 0. The highest BCUT2D eigenvalue weighted by Gasteiger charge is 2.47. The van der Waals surface area contributed by atoms with Gasteiger partial charge in [-0.3, -0.25) is 9.69 Å². The Morgan fingerprint density at radius 2 is 1.78 bits per heavy atom. The Hall–Kier alpha value is -0.570. The Kier molecular flexibility index (Phi) is 2.65. The summed E-state index contributed by atoms with van der Waals surface area (Å²) in [6.45, 7) is 3.66. The van der Waals surface area contributed by atoms with Crippen molar-refractivity contribution in [1.82, 2.24) is 9.80 Å². The highest BCUT2D eigenvalue weighted by Crippen LogP contribution is 2.42. The van der Waals surface area contributed by atoms with E-state index in [1.807, 2.05) is 0 Å². The zero-order valence-corrected chi connectivity index (χ0v) is 11.2. The van der Waals surface area contributed by atoms with Crippen molar-refractivity contribution in [3.63, 3.8) is 0 Å². The zero-order valence-electron chi connectivity index (χ0n) is 11.2. The summed E-state index contributed by atoms with van der Waals surface area (Å²) in [5.74, 6) is 2.01. The van der Waals surface area contributed by atoms with Gasteiger partial charge in [-0.2, -0.15) is 0 Å². The second-order valence-electron chi connectivity index (χ2n) is 6.82. The van der Waals surface area contributed by atoms with Crippen molar-refractivity contribution in [3.05, 3.63) is 0 Å². The van der Waals surface area contributed by atoms with Crippen molar-refractivity contribution >= 4 is 5.91 Å². The van der Waals surface area contributed by atoms with Gasteiger partial charge in [-0.05, 0) is 50.5 Å². The smallest absolute Gasteiger partial charge is 0.222 e. The fourth-order valence-corrected chi connectivity index (χ4v) is 5.10. The average Bonchev–Trinajstić information content (AvgIpc) is 2.40. The van der Waals surface area contributed by atoms with E-state index >= 15 is 0 Å². The average molecular weight is 248 g/mol. The third-order valence-electron chi connectivity index (χ3n) is 5.87. The molecular formula is C15H24N2O. The molecule has 0 unspecified atom stereocenters. The number of hydrogen-bond acceptors (Lipinski definition) is 2. The van der Waals surface area contributed by atoms with Gasteiger partial charge in [-0.1, -0.05) is 6.42 Å². The van der Waals surface area contributed by atoms with Gasteiger partial charge in [0, 0.05) is 31.6 Å². The van der Waals surface area contributed by atoms with Crippen molar-refractivity contribution in [2.45, 2.75) is 57.0 Å². The summed E-state index contributed by atoms with van der Waals surface area (Å²) in [6, 6.07) is 1.39. The van der Waals surface area contributed by atoms with E-state index in [2.05, 4.69) is 9.80 Å². The first kappa shape index (κ1) is 11.3. The quantitative estimate of drug-likeness (QED) is 0.653. The van der Waals surface area contributed by atoms with Gasteiger partial charge in [-0.15, -0.1) is 0 Å². The maximum atomic E-state index is 12.1. The highest BCUT2D eigenvalue weighted by atomic mass is 16.2. The van der Waals surface area contributed by atoms with Crippen LogP contribution in [0, 0.1) is 11.8 Å². The lowest BCUT2D eigenvalue weighted by molar-refractivity contribution is -0.148. The lowest BCUT2D eigenvalue weighted by Gasteiger charge is -2.56. The summed E-state index contributed by atoms with van der Waals surface area (Å²) in [4.78, 5) is 17.2. The molecule has 4 aliphatic heterocycles. The fourth-order valence-electron chi connectivity index (χ4n) is 5.10. The third-order valence-corrected chi connectivity index (χ3v) is 5.87. The molecule has 18 heavy (non-hydrogen) atoms. The van der Waals surface area contributed by atoms with Gasteiger partial charge in [0.25, 0.3) is 0 Å². The van der Waals surface area contributed by atoms with Crippen LogP contribution in [0.4, 0.5) is 0 Å². The van der Waals surface area contributed by atoms with E-state index < -0.39 is 0 Å². The molecule has 0 N–H and O–H groups in total. The van der Waals surface area contributed by atoms with Gasteiger partial charge in [0.05, 0.1) is 0 Å². The maximum Gasteiger partial charge on any atom is 0.222 e. The molecule has 1 amide bonds. The summed E-state index contributed by atoms with van der Waals surface area (Å²) in [6.07, 6.45) is 8.78. The van der Waals surface area contributed by atoms with Crippen molar-refractivity contribution < 1.29 is 4.79 Å². The number of carbonyl (C=O) groups excluding carboxylic acids is 1. The molecule has 100 valence electrons. The highest BCUT2D eigenvalue weighted by molar-refractivity contribution is 5.77. The van der Waals surface area contributed by atoms with Crippen molar-refractivity contribution in [2.24, 2.45) is 11.8 Å². The van der Waals surface area contributed by atoms with E-state index in [0.717, 1.165) is 37.3 Å². The van der Waals surface area contributed by atoms with Crippen LogP contribution in [0.25, 0.3) is 0 Å². The molecule has 2 bridgehead atoms. The van der Waals surface area contributed by atoms with Crippen LogP contribution in [0.5, 0.6) is 0 Å². The van der Waals surface area contributed by atoms with Crippen LogP contribution in [0.1, 0.15) is 44.9 Å². The molecule has 0 radical (unpaired) electrons. The largest absolute Gasteiger partial charge is 0.339 e. The standard InChI is InChI=1S/C15H24N2O/c18-15-6-3-5-14-11-8-12(10-17(14)15)13-4-1-2-7-16(13)9-11/h11-14H,1-10H2/t11-,12+,13+,14-/m0/s1. The first-order valence-electron chi connectivity index (χ1n) is 7.86. The van der Waals surface area contributed by atoms with E-state index in [1.54, 1.807) is 0 Å². The minimum atomic E-state index is 0.449. The molecule has 0 aliphatic carbocycles. The van der Waals surface area contributed by atoms with Gasteiger partial charge in [0.15, 0.2) is 0 Å². The Bertz CT molecular complexity index is 356. The second-order valence-corrected chi connectivity index (χ2v) is 6.82. The molecule has 0 saturated carbocycles. The number of amides is 1. The van der Waals surface area contributed by atoms with Gasteiger partial charge in [-0.25, -0.2) is 0 Å². The molecule has 4 aliphatic rings. The first-order chi connectivity index (χ1) is 8.83. The van der Waals surface area contributed by atoms with Gasteiger partial charge >= 0.3 is 0 Å². The molecule has 3 nitrogen and oxygen atoms in total. The predicted octanol–water partition coefficient (Wildman–Crippen LogP) is 1.87. The lowest BCUT2D eigenvalue weighted by atomic mass is 9.71. The minimum absolute atomic E-state index is 0.449. The number of piperidine rings is 4. The molecule has 0 aromatic carbocycles. The van der Waals surface area contributed by atoms with Crippen LogP contribution >= 0.6 is 0 Å². The van der Waals surface area contributed by atoms with Gasteiger partial charge in [0.2, 0.25) is 5.91 Å². The molecule has 0 aromatic heterocycles. The molecule has 4 saturated heterocycles. The normalized spacial score (nSPS) is 44.4. The van der Waals surface area contributed by atoms with E-state index in [0.29, 0.717) is 11.9 Å². The molecule has 4 rings (SSSR count). The topological polar surface area (TPSA) is 23.6 Å². The first-order valence-corrected chi connectivity index (χ1v) is 7.86. The molecule has 0 spiro atoms. The monoisotopic (exact) mass is 248 g/mol. The van der Waals surface area contributed by atoms with Crippen LogP contribution in [-0.2, 0) is 4.79 Å².